The number of hydrogen-bond donors (Lipinski definition) is 2. The Kier molecular flexibility index (Phi) is 7.66. The van der Waals surface area contributed by atoms with Crippen molar-refractivity contribution in [1.29, 1.82) is 5.26 Å². The number of fused-ring (bicyclic) bond motifs is 1. The Balaban J connectivity index is 1.60. The van der Waals surface area contributed by atoms with Crippen molar-refractivity contribution < 1.29 is 9.59 Å². The van der Waals surface area contributed by atoms with Crippen LogP contribution in [0.4, 0.5) is 0 Å². The van der Waals surface area contributed by atoms with Crippen LogP contribution in [0.25, 0.3) is 10.9 Å². The molecular formula is C27H20ClN3O3S. The molecule has 0 saturated carbocycles. The van der Waals surface area contributed by atoms with E-state index in [-0.39, 0.29) is 17.1 Å². The standard InChI is InChI=1S/C27H20ClN3O3S/c28-21-10-8-19(9-11-21)26(33)31-24(27(34)35-16-18-5-3-4-17(12-18)15-29)13-20-14-25(32)30-23-7-2-1-6-22(20)23/h1-12,14,24H,13,16H2,(H,30,32)(H,31,33). The third-order valence-corrected chi connectivity index (χ3v) is 6.69. The average Bonchev–Trinajstić information content (AvgIpc) is 2.87. The van der Waals surface area contributed by atoms with E-state index in [2.05, 4.69) is 16.4 Å². The Labute approximate surface area is 210 Å². The number of hydrogen-bond acceptors (Lipinski definition) is 5. The van der Waals surface area contributed by atoms with Crippen molar-refractivity contribution in [3.8, 4) is 6.07 Å². The summed E-state index contributed by atoms with van der Waals surface area (Å²) < 4.78 is 0. The van der Waals surface area contributed by atoms with Gasteiger partial charge in [-0.1, -0.05) is 53.7 Å². The summed E-state index contributed by atoms with van der Waals surface area (Å²) >= 11 is 6.98. The van der Waals surface area contributed by atoms with Crippen molar-refractivity contribution in [2.24, 2.45) is 0 Å². The Morgan fingerprint density at radius 1 is 1.03 bits per heavy atom. The number of para-hydroxylation sites is 1. The highest BCUT2D eigenvalue weighted by Crippen LogP contribution is 2.21. The van der Waals surface area contributed by atoms with Gasteiger partial charge in [0.25, 0.3) is 5.91 Å². The Bertz CT molecular complexity index is 1490. The van der Waals surface area contributed by atoms with Gasteiger partial charge in [-0.25, -0.2) is 0 Å². The fraction of sp³-hybridized carbons (Fsp3) is 0.111. The summed E-state index contributed by atoms with van der Waals surface area (Å²) in [6.45, 7) is 0. The number of carbonyl (C=O) groups is 2. The van der Waals surface area contributed by atoms with E-state index in [0.29, 0.717) is 33.0 Å². The molecule has 0 spiro atoms. The van der Waals surface area contributed by atoms with E-state index in [1.807, 2.05) is 24.3 Å². The fourth-order valence-corrected chi connectivity index (χ4v) is 4.65. The molecule has 0 radical (unpaired) electrons. The number of nitrogens with zero attached hydrogens (tertiary/aromatic N) is 1. The maximum atomic E-state index is 13.3. The zero-order valence-corrected chi connectivity index (χ0v) is 20.0. The zero-order chi connectivity index (χ0) is 24.8. The molecule has 1 atom stereocenters. The smallest absolute Gasteiger partial charge is 0.251 e. The van der Waals surface area contributed by atoms with Gasteiger partial charge in [0.05, 0.1) is 11.6 Å². The molecule has 0 aliphatic carbocycles. The van der Waals surface area contributed by atoms with Crippen LogP contribution < -0.4 is 10.9 Å². The predicted octanol–water partition coefficient (Wildman–Crippen LogP) is 4.85. The fourth-order valence-electron chi connectivity index (χ4n) is 3.69. The zero-order valence-electron chi connectivity index (χ0n) is 18.5. The minimum absolute atomic E-state index is 0.147. The van der Waals surface area contributed by atoms with Gasteiger partial charge in [0.1, 0.15) is 6.04 Å². The predicted molar refractivity (Wildman–Crippen MR) is 138 cm³/mol. The maximum Gasteiger partial charge on any atom is 0.251 e. The lowest BCUT2D eigenvalue weighted by atomic mass is 10.0. The Morgan fingerprint density at radius 3 is 2.57 bits per heavy atom. The molecule has 1 amide bonds. The number of H-pyrrole nitrogens is 1. The summed E-state index contributed by atoms with van der Waals surface area (Å²) in [5.41, 5.74) is 2.74. The maximum absolute atomic E-state index is 13.3. The summed E-state index contributed by atoms with van der Waals surface area (Å²) in [6.07, 6.45) is 0.147. The lowest BCUT2D eigenvalue weighted by Crippen LogP contribution is -2.41. The van der Waals surface area contributed by atoms with E-state index in [0.717, 1.165) is 22.7 Å². The van der Waals surface area contributed by atoms with Gasteiger partial charge >= 0.3 is 0 Å². The number of aromatic nitrogens is 1. The van der Waals surface area contributed by atoms with Gasteiger partial charge in [0.2, 0.25) is 10.7 Å². The Morgan fingerprint density at radius 2 is 1.80 bits per heavy atom. The molecule has 0 saturated heterocycles. The van der Waals surface area contributed by atoms with Crippen LogP contribution in [0, 0.1) is 11.3 Å². The second kappa shape index (κ2) is 11.0. The van der Waals surface area contributed by atoms with Crippen LogP contribution in [0.2, 0.25) is 5.02 Å². The van der Waals surface area contributed by atoms with E-state index in [4.69, 9.17) is 16.9 Å². The number of nitrogens with one attached hydrogen (secondary N) is 2. The highest BCUT2D eigenvalue weighted by atomic mass is 35.5. The minimum Gasteiger partial charge on any atom is -0.341 e. The van der Waals surface area contributed by atoms with E-state index in [9.17, 15) is 14.4 Å². The van der Waals surface area contributed by atoms with Gasteiger partial charge in [0, 0.05) is 39.7 Å². The summed E-state index contributed by atoms with van der Waals surface area (Å²) in [5, 5.41) is 13.0. The van der Waals surface area contributed by atoms with E-state index in [1.54, 1.807) is 48.5 Å². The molecule has 8 heteroatoms. The summed E-state index contributed by atoms with van der Waals surface area (Å²) in [4.78, 5) is 41.2. The van der Waals surface area contributed by atoms with Crippen LogP contribution in [0.15, 0.2) is 83.7 Å². The molecule has 0 fully saturated rings. The van der Waals surface area contributed by atoms with Crippen molar-refractivity contribution in [3.63, 3.8) is 0 Å². The number of nitriles is 1. The molecule has 1 unspecified atom stereocenters. The number of aromatic amines is 1. The van der Waals surface area contributed by atoms with Crippen LogP contribution in [-0.4, -0.2) is 22.0 Å². The quantitative estimate of drug-likeness (QED) is 0.376. The number of halogens is 1. The van der Waals surface area contributed by atoms with Crippen molar-refractivity contribution in [1.82, 2.24) is 10.3 Å². The number of amides is 1. The van der Waals surface area contributed by atoms with Gasteiger partial charge in [-0.15, -0.1) is 0 Å². The third-order valence-electron chi connectivity index (χ3n) is 5.39. The lowest BCUT2D eigenvalue weighted by molar-refractivity contribution is -0.112. The molecule has 0 aliphatic heterocycles. The summed E-state index contributed by atoms with van der Waals surface area (Å²) in [5.74, 6) is -0.0705. The van der Waals surface area contributed by atoms with Crippen LogP contribution in [0.5, 0.6) is 0 Å². The summed E-state index contributed by atoms with van der Waals surface area (Å²) in [7, 11) is 0. The second-order valence-electron chi connectivity index (χ2n) is 7.86. The molecule has 0 bridgehead atoms. The van der Waals surface area contributed by atoms with E-state index in [1.165, 1.54) is 6.07 Å². The molecular weight excluding hydrogens is 482 g/mol. The largest absolute Gasteiger partial charge is 0.341 e. The van der Waals surface area contributed by atoms with Crippen LogP contribution in [0.1, 0.15) is 27.0 Å². The lowest BCUT2D eigenvalue weighted by Gasteiger charge is -2.18. The number of thioether (sulfide) groups is 1. The van der Waals surface area contributed by atoms with Gasteiger partial charge in [-0.3, -0.25) is 14.4 Å². The van der Waals surface area contributed by atoms with Crippen molar-refractivity contribution >= 4 is 45.3 Å². The molecule has 1 heterocycles. The third kappa shape index (κ3) is 6.18. The number of rotatable bonds is 7. The van der Waals surface area contributed by atoms with Gasteiger partial charge in [0.15, 0.2) is 0 Å². The minimum atomic E-state index is -0.882. The number of pyridine rings is 1. The molecule has 3 aromatic carbocycles. The normalized spacial score (nSPS) is 11.5. The SMILES string of the molecule is N#Cc1cccc(CSC(=O)C(Cc2cc(=O)[nH]c3ccccc23)NC(=O)c2ccc(Cl)cc2)c1. The molecule has 6 nitrogen and oxygen atoms in total. The molecule has 2 N–H and O–H groups in total. The monoisotopic (exact) mass is 501 g/mol. The van der Waals surface area contributed by atoms with Crippen molar-refractivity contribution in [3.05, 3.63) is 116 Å². The molecule has 1 aromatic heterocycles. The molecule has 4 aromatic rings. The summed E-state index contributed by atoms with van der Waals surface area (Å²) in [6, 6.07) is 23.4. The van der Waals surface area contributed by atoms with E-state index < -0.39 is 11.9 Å². The molecule has 4 rings (SSSR count). The topological polar surface area (TPSA) is 103 Å². The molecule has 174 valence electrons. The Hall–Kier alpha value is -3.86. The number of benzene rings is 3. The van der Waals surface area contributed by atoms with Crippen LogP contribution in [0.3, 0.4) is 0 Å². The van der Waals surface area contributed by atoms with Crippen molar-refractivity contribution in [2.45, 2.75) is 18.2 Å². The molecule has 35 heavy (non-hydrogen) atoms. The molecule has 0 aliphatic rings. The number of carbonyl (C=O) groups excluding carboxylic acids is 2. The van der Waals surface area contributed by atoms with Gasteiger partial charge < -0.3 is 10.3 Å². The first-order valence-corrected chi connectivity index (χ1v) is 12.1. The van der Waals surface area contributed by atoms with Gasteiger partial charge in [-0.2, -0.15) is 5.26 Å². The first-order chi connectivity index (χ1) is 16.9. The first-order valence-electron chi connectivity index (χ1n) is 10.8. The van der Waals surface area contributed by atoms with Crippen LogP contribution in [-0.2, 0) is 17.0 Å². The van der Waals surface area contributed by atoms with Crippen LogP contribution >= 0.6 is 23.4 Å². The highest BCUT2D eigenvalue weighted by Gasteiger charge is 2.24. The second-order valence-corrected chi connectivity index (χ2v) is 9.28. The highest BCUT2D eigenvalue weighted by molar-refractivity contribution is 8.13. The van der Waals surface area contributed by atoms with Crippen molar-refractivity contribution in [2.75, 3.05) is 0 Å². The average molecular weight is 502 g/mol. The first kappa shape index (κ1) is 24.3. The van der Waals surface area contributed by atoms with E-state index >= 15 is 0 Å². The van der Waals surface area contributed by atoms with Gasteiger partial charge in [-0.05, 0) is 53.6 Å².